The Bertz CT molecular complexity index is 1230. The molecule has 0 atom stereocenters. The lowest BCUT2D eigenvalue weighted by atomic mass is 10.0. The highest BCUT2D eigenvalue weighted by atomic mass is 16.5. The van der Waals surface area contributed by atoms with Crippen molar-refractivity contribution in [3.05, 3.63) is 107 Å². The third kappa shape index (κ3) is 5.98. The zero-order chi connectivity index (χ0) is 23.2. The van der Waals surface area contributed by atoms with Gasteiger partial charge < -0.3 is 25.2 Å². The zero-order valence-electron chi connectivity index (χ0n) is 18.1. The Morgan fingerprint density at radius 1 is 0.515 bits per heavy atom. The molecule has 33 heavy (non-hydrogen) atoms. The normalized spacial score (nSPS) is 10.8. The van der Waals surface area contributed by atoms with Gasteiger partial charge in [-0.05, 0) is 103 Å². The SMILES string of the molecule is Oc1cccc(CCc2ccc(Oc3cc(CCc4cc(O)ccc4O)ccc3O)cc2)c1. The van der Waals surface area contributed by atoms with Gasteiger partial charge in [-0.15, -0.1) is 0 Å². The number of rotatable bonds is 8. The van der Waals surface area contributed by atoms with Gasteiger partial charge in [0.25, 0.3) is 0 Å². The highest BCUT2D eigenvalue weighted by Crippen LogP contribution is 2.32. The van der Waals surface area contributed by atoms with E-state index < -0.39 is 0 Å². The summed E-state index contributed by atoms with van der Waals surface area (Å²) in [5, 5.41) is 39.4. The Balaban J connectivity index is 1.38. The molecule has 0 heterocycles. The minimum absolute atomic E-state index is 0.0481. The molecule has 5 nitrogen and oxygen atoms in total. The maximum atomic E-state index is 10.2. The van der Waals surface area contributed by atoms with Crippen LogP contribution in [0.15, 0.2) is 84.9 Å². The number of hydrogen-bond donors (Lipinski definition) is 4. The molecular weight excluding hydrogens is 416 g/mol. The first-order chi connectivity index (χ1) is 16.0. The second kappa shape index (κ2) is 10.0. The van der Waals surface area contributed by atoms with Gasteiger partial charge in [0.1, 0.15) is 23.0 Å². The maximum Gasteiger partial charge on any atom is 0.169 e. The summed E-state index contributed by atoms with van der Waals surface area (Å²) in [4.78, 5) is 0. The second-order valence-electron chi connectivity index (χ2n) is 8.03. The average molecular weight is 443 g/mol. The van der Waals surface area contributed by atoms with Crippen LogP contribution in [0.2, 0.25) is 0 Å². The molecule has 4 aromatic carbocycles. The summed E-state index contributed by atoms with van der Waals surface area (Å²) in [6.45, 7) is 0. The molecule has 0 amide bonds. The van der Waals surface area contributed by atoms with Crippen molar-refractivity contribution in [2.75, 3.05) is 0 Å². The molecule has 0 saturated heterocycles. The van der Waals surface area contributed by atoms with Crippen LogP contribution in [0.3, 0.4) is 0 Å². The minimum Gasteiger partial charge on any atom is -0.508 e. The van der Waals surface area contributed by atoms with Crippen molar-refractivity contribution >= 4 is 0 Å². The number of phenolic OH excluding ortho intramolecular Hbond substituents is 4. The monoisotopic (exact) mass is 442 g/mol. The van der Waals surface area contributed by atoms with Gasteiger partial charge in [-0.2, -0.15) is 0 Å². The number of aryl methyl sites for hydroxylation is 4. The van der Waals surface area contributed by atoms with E-state index in [0.717, 1.165) is 29.5 Å². The molecule has 4 aromatic rings. The molecule has 0 radical (unpaired) electrons. The molecule has 168 valence electrons. The summed E-state index contributed by atoms with van der Waals surface area (Å²) in [7, 11) is 0. The van der Waals surface area contributed by atoms with Crippen molar-refractivity contribution in [2.45, 2.75) is 25.7 Å². The molecule has 4 rings (SSSR count). The molecule has 0 aliphatic rings. The molecular formula is C28H26O5. The Labute approximate surface area is 192 Å². The van der Waals surface area contributed by atoms with E-state index in [9.17, 15) is 20.4 Å². The molecule has 0 spiro atoms. The average Bonchev–Trinajstić information content (AvgIpc) is 2.81. The highest BCUT2D eigenvalue weighted by molar-refractivity contribution is 5.46. The third-order valence-electron chi connectivity index (χ3n) is 5.53. The van der Waals surface area contributed by atoms with E-state index in [1.807, 2.05) is 42.5 Å². The molecule has 5 heteroatoms. The van der Waals surface area contributed by atoms with Crippen LogP contribution in [0.25, 0.3) is 0 Å². The van der Waals surface area contributed by atoms with Crippen LogP contribution >= 0.6 is 0 Å². The summed E-state index contributed by atoms with van der Waals surface area (Å²) >= 11 is 0. The number of phenols is 4. The van der Waals surface area contributed by atoms with Gasteiger partial charge in [0.2, 0.25) is 0 Å². The molecule has 0 unspecified atom stereocenters. The first kappa shape index (κ1) is 22.1. The smallest absolute Gasteiger partial charge is 0.169 e. The van der Waals surface area contributed by atoms with Crippen molar-refractivity contribution in [1.82, 2.24) is 0 Å². The molecule has 0 aromatic heterocycles. The standard InChI is InChI=1S/C28H26O5/c29-23-3-1-2-20(16-23)5-4-19-7-12-25(13-8-19)33-28-17-21(9-14-27(28)32)6-10-22-18-24(30)11-15-26(22)31/h1-3,7-9,11-18,29-32H,4-6,10H2. The van der Waals surface area contributed by atoms with Gasteiger partial charge in [0, 0.05) is 0 Å². The van der Waals surface area contributed by atoms with Gasteiger partial charge >= 0.3 is 0 Å². The molecule has 0 bridgehead atoms. The van der Waals surface area contributed by atoms with Gasteiger partial charge in [-0.1, -0.05) is 30.3 Å². The first-order valence-electron chi connectivity index (χ1n) is 10.8. The minimum atomic E-state index is 0.0481. The quantitative estimate of drug-likeness (QED) is 0.256. The fourth-order valence-corrected chi connectivity index (χ4v) is 3.70. The Hall–Kier alpha value is -4.12. The van der Waals surface area contributed by atoms with Crippen LogP contribution < -0.4 is 4.74 Å². The Morgan fingerprint density at radius 2 is 1.15 bits per heavy atom. The van der Waals surface area contributed by atoms with E-state index in [-0.39, 0.29) is 23.0 Å². The van der Waals surface area contributed by atoms with Crippen LogP contribution in [0, 0.1) is 0 Å². The fourth-order valence-electron chi connectivity index (χ4n) is 3.70. The Kier molecular flexibility index (Phi) is 6.69. The number of ether oxygens (including phenoxy) is 1. The summed E-state index contributed by atoms with van der Waals surface area (Å²) in [5.41, 5.74) is 3.82. The molecule has 0 fully saturated rings. The molecule has 0 aliphatic carbocycles. The third-order valence-corrected chi connectivity index (χ3v) is 5.53. The lowest BCUT2D eigenvalue weighted by molar-refractivity contribution is 0.410. The van der Waals surface area contributed by atoms with Gasteiger partial charge in [0.15, 0.2) is 11.5 Å². The maximum absolute atomic E-state index is 10.2. The number of hydrogen-bond acceptors (Lipinski definition) is 5. The molecule has 0 aliphatic heterocycles. The van der Waals surface area contributed by atoms with Crippen LogP contribution in [0.1, 0.15) is 22.3 Å². The summed E-state index contributed by atoms with van der Waals surface area (Å²) < 4.78 is 5.91. The van der Waals surface area contributed by atoms with Crippen molar-refractivity contribution in [2.24, 2.45) is 0 Å². The van der Waals surface area contributed by atoms with Crippen molar-refractivity contribution in [3.8, 4) is 34.5 Å². The number of benzene rings is 4. The Morgan fingerprint density at radius 3 is 1.94 bits per heavy atom. The predicted octanol–water partition coefficient (Wildman–Crippen LogP) is 5.87. The first-order valence-corrected chi connectivity index (χ1v) is 10.8. The lowest BCUT2D eigenvalue weighted by Gasteiger charge is -2.11. The van der Waals surface area contributed by atoms with E-state index in [2.05, 4.69) is 0 Å². The lowest BCUT2D eigenvalue weighted by Crippen LogP contribution is -1.94. The highest BCUT2D eigenvalue weighted by Gasteiger charge is 2.08. The van der Waals surface area contributed by atoms with Crippen molar-refractivity contribution in [3.63, 3.8) is 0 Å². The summed E-state index contributed by atoms with van der Waals surface area (Å²) in [6, 6.07) is 24.7. The van der Waals surface area contributed by atoms with E-state index in [0.29, 0.717) is 29.9 Å². The van der Waals surface area contributed by atoms with Gasteiger partial charge in [-0.25, -0.2) is 0 Å². The van der Waals surface area contributed by atoms with E-state index in [4.69, 9.17) is 4.74 Å². The van der Waals surface area contributed by atoms with Gasteiger partial charge in [0.05, 0.1) is 0 Å². The molecule has 0 saturated carbocycles. The van der Waals surface area contributed by atoms with E-state index in [1.165, 1.54) is 12.1 Å². The van der Waals surface area contributed by atoms with Crippen LogP contribution in [0.5, 0.6) is 34.5 Å². The van der Waals surface area contributed by atoms with Crippen LogP contribution in [0.4, 0.5) is 0 Å². The van der Waals surface area contributed by atoms with E-state index in [1.54, 1.807) is 30.3 Å². The van der Waals surface area contributed by atoms with Crippen molar-refractivity contribution < 1.29 is 25.2 Å². The summed E-state index contributed by atoms with van der Waals surface area (Å²) in [5.74, 6) is 1.56. The van der Waals surface area contributed by atoms with E-state index >= 15 is 0 Å². The van der Waals surface area contributed by atoms with Crippen molar-refractivity contribution in [1.29, 1.82) is 0 Å². The summed E-state index contributed by atoms with van der Waals surface area (Å²) in [6.07, 6.45) is 2.82. The fraction of sp³-hybridized carbons (Fsp3) is 0.143. The topological polar surface area (TPSA) is 90.2 Å². The second-order valence-corrected chi connectivity index (χ2v) is 8.03. The van der Waals surface area contributed by atoms with Crippen LogP contribution in [-0.2, 0) is 25.7 Å². The molecule has 4 N–H and O–H groups in total. The largest absolute Gasteiger partial charge is 0.508 e. The predicted molar refractivity (Wildman–Crippen MR) is 127 cm³/mol. The number of aromatic hydroxyl groups is 4. The zero-order valence-corrected chi connectivity index (χ0v) is 18.1. The van der Waals surface area contributed by atoms with Gasteiger partial charge in [-0.3, -0.25) is 0 Å². The van der Waals surface area contributed by atoms with Crippen LogP contribution in [-0.4, -0.2) is 20.4 Å².